The lowest BCUT2D eigenvalue weighted by atomic mass is 10.2. The van der Waals surface area contributed by atoms with Crippen molar-refractivity contribution in [3.63, 3.8) is 0 Å². The van der Waals surface area contributed by atoms with Crippen LogP contribution in [0.2, 0.25) is 0 Å². The van der Waals surface area contributed by atoms with Gasteiger partial charge in [-0.3, -0.25) is 0 Å². The van der Waals surface area contributed by atoms with Gasteiger partial charge in [0.2, 0.25) is 0 Å². The lowest BCUT2D eigenvalue weighted by Crippen LogP contribution is -2.44. The van der Waals surface area contributed by atoms with Crippen LogP contribution >= 0.6 is 11.3 Å². The van der Waals surface area contributed by atoms with Crippen LogP contribution in [-0.2, 0) is 17.7 Å². The first-order valence-electron chi connectivity index (χ1n) is 7.24. The van der Waals surface area contributed by atoms with E-state index >= 15 is 0 Å². The molecule has 0 aliphatic carbocycles. The van der Waals surface area contributed by atoms with E-state index in [1.165, 1.54) is 4.88 Å². The van der Waals surface area contributed by atoms with E-state index < -0.39 is 30.7 Å². The third kappa shape index (κ3) is 7.70. The van der Waals surface area contributed by atoms with Gasteiger partial charge in [0.15, 0.2) is 0 Å². The van der Waals surface area contributed by atoms with Crippen LogP contribution in [0.3, 0.4) is 0 Å². The topological polar surface area (TPSA) is 50.4 Å². The Balaban J connectivity index is 2.29. The molecule has 0 radical (unpaired) electrons. The number of aryl methyl sites for hydroxylation is 1. The first-order chi connectivity index (χ1) is 10.1. The van der Waals surface area contributed by atoms with Crippen LogP contribution < -0.4 is 10.6 Å². The smallest absolute Gasteiger partial charge is 0.407 e. The fourth-order valence-electron chi connectivity index (χ4n) is 1.65. The van der Waals surface area contributed by atoms with Gasteiger partial charge in [0, 0.05) is 16.3 Å². The van der Waals surface area contributed by atoms with Crippen LogP contribution in [0.25, 0.3) is 0 Å². The minimum absolute atomic E-state index is 0.396. The largest absolute Gasteiger partial charge is 0.444 e. The zero-order valence-corrected chi connectivity index (χ0v) is 14.3. The van der Waals surface area contributed by atoms with E-state index in [9.17, 15) is 13.6 Å². The molecule has 0 fully saturated rings. The predicted octanol–water partition coefficient (Wildman–Crippen LogP) is 3.56. The van der Waals surface area contributed by atoms with E-state index in [1.54, 1.807) is 32.1 Å². The molecule has 0 spiro atoms. The highest BCUT2D eigenvalue weighted by molar-refractivity contribution is 7.11. The van der Waals surface area contributed by atoms with Crippen LogP contribution in [0, 0.1) is 0 Å². The zero-order chi connectivity index (χ0) is 16.8. The number of carbonyl (C=O) groups is 1. The summed E-state index contributed by atoms with van der Waals surface area (Å²) in [7, 11) is 0. The SMILES string of the molecule is CCc1ccc(CNCC(F)(F)CNC(=O)OC(C)(C)C)s1. The summed E-state index contributed by atoms with van der Waals surface area (Å²) in [5.74, 6) is -3.03. The average molecular weight is 334 g/mol. The summed E-state index contributed by atoms with van der Waals surface area (Å²) in [5, 5.41) is 4.81. The second-order valence-electron chi connectivity index (χ2n) is 6.04. The Hall–Kier alpha value is -1.21. The van der Waals surface area contributed by atoms with Gasteiger partial charge >= 0.3 is 6.09 Å². The summed E-state index contributed by atoms with van der Waals surface area (Å²) < 4.78 is 32.2. The van der Waals surface area contributed by atoms with E-state index in [0.29, 0.717) is 6.54 Å². The minimum atomic E-state index is -3.03. The van der Waals surface area contributed by atoms with E-state index in [2.05, 4.69) is 17.6 Å². The molecule has 1 heterocycles. The second kappa shape index (κ2) is 7.87. The molecule has 1 amide bonds. The van der Waals surface area contributed by atoms with Crippen molar-refractivity contribution >= 4 is 17.4 Å². The third-order valence-electron chi connectivity index (χ3n) is 2.64. The number of hydrogen-bond donors (Lipinski definition) is 2. The van der Waals surface area contributed by atoms with Crippen molar-refractivity contribution in [1.29, 1.82) is 0 Å². The summed E-state index contributed by atoms with van der Waals surface area (Å²) in [5.41, 5.74) is -0.701. The number of hydrogen-bond acceptors (Lipinski definition) is 4. The highest BCUT2D eigenvalue weighted by Gasteiger charge is 2.30. The molecular weight excluding hydrogens is 310 g/mol. The molecule has 4 nitrogen and oxygen atoms in total. The first kappa shape index (κ1) is 18.8. The van der Waals surface area contributed by atoms with Crippen molar-refractivity contribution < 1.29 is 18.3 Å². The Bertz CT molecular complexity index is 484. The summed E-state index contributed by atoms with van der Waals surface area (Å²) in [6.07, 6.45) is 0.110. The molecule has 0 atom stereocenters. The molecule has 0 unspecified atom stereocenters. The van der Waals surface area contributed by atoms with Gasteiger partial charge in [0.25, 0.3) is 5.92 Å². The van der Waals surface area contributed by atoms with Crippen molar-refractivity contribution in [3.05, 3.63) is 21.9 Å². The lowest BCUT2D eigenvalue weighted by Gasteiger charge is -2.22. The van der Waals surface area contributed by atoms with Gasteiger partial charge in [-0.2, -0.15) is 0 Å². The number of nitrogens with one attached hydrogen (secondary N) is 2. The van der Waals surface area contributed by atoms with Crippen molar-refractivity contribution in [3.8, 4) is 0 Å². The Morgan fingerprint density at radius 1 is 1.23 bits per heavy atom. The van der Waals surface area contributed by atoms with Gasteiger partial charge < -0.3 is 15.4 Å². The Kier molecular flexibility index (Phi) is 6.74. The molecule has 7 heteroatoms. The number of halogens is 2. The van der Waals surface area contributed by atoms with Crippen LogP contribution in [-0.4, -0.2) is 30.7 Å². The lowest BCUT2D eigenvalue weighted by molar-refractivity contribution is -0.00372. The van der Waals surface area contributed by atoms with Gasteiger partial charge in [-0.15, -0.1) is 11.3 Å². The molecule has 0 bridgehead atoms. The molecule has 1 rings (SSSR count). The molecule has 2 N–H and O–H groups in total. The summed E-state index contributed by atoms with van der Waals surface area (Å²) in [6.45, 7) is 6.24. The van der Waals surface area contributed by atoms with E-state index in [1.807, 2.05) is 12.1 Å². The first-order valence-corrected chi connectivity index (χ1v) is 8.06. The van der Waals surface area contributed by atoms with Gasteiger partial charge in [0.05, 0.1) is 13.1 Å². The summed E-state index contributed by atoms with van der Waals surface area (Å²) in [6, 6.07) is 3.94. The van der Waals surface area contributed by atoms with Crippen LogP contribution in [0.4, 0.5) is 13.6 Å². The molecule has 22 heavy (non-hydrogen) atoms. The maximum atomic E-state index is 13.7. The molecule has 0 saturated carbocycles. The second-order valence-corrected chi connectivity index (χ2v) is 7.29. The van der Waals surface area contributed by atoms with E-state index in [-0.39, 0.29) is 0 Å². The van der Waals surface area contributed by atoms with E-state index in [4.69, 9.17) is 4.74 Å². The molecular formula is C15H24F2N2O2S. The normalized spacial score (nSPS) is 12.3. The van der Waals surface area contributed by atoms with Crippen LogP contribution in [0.5, 0.6) is 0 Å². The zero-order valence-electron chi connectivity index (χ0n) is 13.5. The number of thiophene rings is 1. The molecule has 1 aromatic heterocycles. The average Bonchev–Trinajstić information content (AvgIpc) is 2.82. The van der Waals surface area contributed by atoms with Gasteiger partial charge in [-0.25, -0.2) is 13.6 Å². The summed E-state index contributed by atoms with van der Waals surface area (Å²) >= 11 is 1.61. The van der Waals surface area contributed by atoms with Crippen molar-refractivity contribution in [2.45, 2.75) is 52.2 Å². The Labute approximate surface area is 134 Å². The molecule has 0 saturated heterocycles. The molecule has 1 aromatic rings. The van der Waals surface area contributed by atoms with Gasteiger partial charge in [-0.05, 0) is 39.3 Å². The minimum Gasteiger partial charge on any atom is -0.444 e. The monoisotopic (exact) mass is 334 g/mol. The molecule has 0 aliphatic rings. The van der Waals surface area contributed by atoms with Gasteiger partial charge in [-0.1, -0.05) is 6.92 Å². The number of ether oxygens (including phenoxy) is 1. The number of carbonyl (C=O) groups excluding carboxylic acids is 1. The Morgan fingerprint density at radius 2 is 1.86 bits per heavy atom. The summed E-state index contributed by atoms with van der Waals surface area (Å²) in [4.78, 5) is 13.6. The van der Waals surface area contributed by atoms with Crippen LogP contribution in [0.1, 0.15) is 37.4 Å². The number of amides is 1. The Morgan fingerprint density at radius 3 is 2.41 bits per heavy atom. The number of alkyl carbamates (subject to hydrolysis) is 1. The number of rotatable bonds is 7. The quantitative estimate of drug-likeness (QED) is 0.801. The highest BCUT2D eigenvalue weighted by atomic mass is 32.1. The van der Waals surface area contributed by atoms with Crippen molar-refractivity contribution in [2.75, 3.05) is 13.1 Å². The molecule has 126 valence electrons. The fraction of sp³-hybridized carbons (Fsp3) is 0.667. The maximum absolute atomic E-state index is 13.7. The standard InChI is InChI=1S/C15H24F2N2O2S/c1-5-11-6-7-12(22-11)8-18-9-15(16,17)10-19-13(20)21-14(2,3)4/h6-7,18H,5,8-10H2,1-4H3,(H,19,20). The maximum Gasteiger partial charge on any atom is 0.407 e. The van der Waals surface area contributed by atoms with Crippen LogP contribution in [0.15, 0.2) is 12.1 Å². The fourth-order valence-corrected chi connectivity index (χ4v) is 2.58. The molecule has 0 aromatic carbocycles. The predicted molar refractivity (Wildman–Crippen MR) is 84.6 cm³/mol. The van der Waals surface area contributed by atoms with E-state index in [0.717, 1.165) is 11.3 Å². The van der Waals surface area contributed by atoms with Gasteiger partial charge in [0.1, 0.15) is 5.60 Å². The third-order valence-corrected chi connectivity index (χ3v) is 3.87. The number of alkyl halides is 2. The molecule has 0 aliphatic heterocycles. The van der Waals surface area contributed by atoms with Crippen molar-refractivity contribution in [1.82, 2.24) is 10.6 Å². The highest BCUT2D eigenvalue weighted by Crippen LogP contribution is 2.17. The van der Waals surface area contributed by atoms with Crippen molar-refractivity contribution in [2.24, 2.45) is 0 Å².